The molecule has 0 aromatic carbocycles. The number of Topliss-reactive ketones (excluding diaryl/α,β-unsaturated/α-hetero) is 1. The normalized spacial score (nSPS) is 10.6. The van der Waals surface area contributed by atoms with Crippen LogP contribution in [0.4, 0.5) is 0 Å². The molecule has 0 atom stereocenters. The highest BCUT2D eigenvalue weighted by atomic mass is 16.1. The third kappa shape index (κ3) is 2.04. The van der Waals surface area contributed by atoms with Gasteiger partial charge in [-0.3, -0.25) is 4.79 Å². The molecule has 1 aromatic heterocycles. The molecule has 1 N–H and O–H groups in total. The summed E-state index contributed by atoms with van der Waals surface area (Å²) in [4.78, 5) is 11.7. The first-order valence-electron chi connectivity index (χ1n) is 4.88. The van der Waals surface area contributed by atoms with E-state index in [9.17, 15) is 4.79 Å². The first kappa shape index (κ1) is 11.0. The lowest BCUT2D eigenvalue weighted by atomic mass is 10.1. The molecule has 3 heteroatoms. The van der Waals surface area contributed by atoms with Gasteiger partial charge in [0.1, 0.15) is 0 Å². The Morgan fingerprint density at radius 3 is 2.57 bits per heavy atom. The van der Waals surface area contributed by atoms with E-state index in [1.54, 1.807) is 0 Å². The van der Waals surface area contributed by atoms with Crippen LogP contribution in [-0.2, 0) is 7.05 Å². The molecule has 14 heavy (non-hydrogen) atoms. The highest BCUT2D eigenvalue weighted by molar-refractivity contribution is 5.97. The summed E-state index contributed by atoms with van der Waals surface area (Å²) in [6, 6.07) is 1.97. The van der Waals surface area contributed by atoms with Crippen molar-refractivity contribution >= 4 is 5.78 Å². The summed E-state index contributed by atoms with van der Waals surface area (Å²) in [7, 11) is 3.84. The second-order valence-electron chi connectivity index (χ2n) is 3.62. The third-order valence-corrected chi connectivity index (χ3v) is 2.68. The van der Waals surface area contributed by atoms with Gasteiger partial charge in [0.25, 0.3) is 0 Å². The van der Waals surface area contributed by atoms with Crippen LogP contribution in [0.2, 0.25) is 0 Å². The molecule has 1 rings (SSSR count). The number of hydrogen-bond donors (Lipinski definition) is 1. The molecule has 0 amide bonds. The molecule has 0 aliphatic carbocycles. The molecule has 0 saturated heterocycles. The second kappa shape index (κ2) is 4.42. The van der Waals surface area contributed by atoms with Gasteiger partial charge in [-0.2, -0.15) is 0 Å². The van der Waals surface area contributed by atoms with Crippen LogP contribution in [0.3, 0.4) is 0 Å². The molecule has 0 radical (unpaired) electrons. The standard InChI is InChI=1S/C11H18N2O/c1-8-7-10(9(2)13(8)4)11(14)5-6-12-3/h7,12H,5-6H2,1-4H3. The number of nitrogens with one attached hydrogen (secondary N) is 1. The predicted molar refractivity (Wildman–Crippen MR) is 57.8 cm³/mol. The van der Waals surface area contributed by atoms with Crippen LogP contribution < -0.4 is 5.32 Å². The van der Waals surface area contributed by atoms with Crippen LogP contribution in [0.25, 0.3) is 0 Å². The average molecular weight is 194 g/mol. The highest BCUT2D eigenvalue weighted by Gasteiger charge is 2.12. The van der Waals surface area contributed by atoms with Crippen molar-refractivity contribution in [2.45, 2.75) is 20.3 Å². The fourth-order valence-electron chi connectivity index (χ4n) is 1.51. The largest absolute Gasteiger partial charge is 0.351 e. The Labute approximate surface area is 85.1 Å². The zero-order valence-electron chi connectivity index (χ0n) is 9.35. The molecular formula is C11H18N2O. The molecule has 0 saturated carbocycles. The number of nitrogens with zero attached hydrogens (tertiary/aromatic N) is 1. The molecule has 0 aliphatic rings. The van der Waals surface area contributed by atoms with Gasteiger partial charge in [-0.25, -0.2) is 0 Å². The SMILES string of the molecule is CNCCC(=O)c1cc(C)n(C)c1C. The molecule has 78 valence electrons. The second-order valence-corrected chi connectivity index (χ2v) is 3.62. The topological polar surface area (TPSA) is 34.0 Å². The minimum Gasteiger partial charge on any atom is -0.351 e. The van der Waals surface area contributed by atoms with Gasteiger partial charge < -0.3 is 9.88 Å². The third-order valence-electron chi connectivity index (χ3n) is 2.68. The Hall–Kier alpha value is -1.09. The number of aromatic nitrogens is 1. The van der Waals surface area contributed by atoms with Crippen LogP contribution in [0.15, 0.2) is 6.07 Å². The summed E-state index contributed by atoms with van der Waals surface area (Å²) in [6.45, 7) is 4.74. The number of carbonyl (C=O) groups is 1. The maximum absolute atomic E-state index is 11.7. The average Bonchev–Trinajstić information content (AvgIpc) is 2.42. The van der Waals surface area contributed by atoms with Gasteiger partial charge in [0.15, 0.2) is 5.78 Å². The van der Waals surface area contributed by atoms with Crippen molar-refractivity contribution in [3.63, 3.8) is 0 Å². The quantitative estimate of drug-likeness (QED) is 0.736. The van der Waals surface area contributed by atoms with E-state index in [0.717, 1.165) is 23.5 Å². The molecular weight excluding hydrogens is 176 g/mol. The summed E-state index contributed by atoms with van der Waals surface area (Å²) in [6.07, 6.45) is 0.570. The van der Waals surface area contributed by atoms with Crippen LogP contribution >= 0.6 is 0 Å². The smallest absolute Gasteiger partial charge is 0.165 e. The van der Waals surface area contributed by atoms with Gasteiger partial charge in [-0.15, -0.1) is 0 Å². The van der Waals surface area contributed by atoms with Gasteiger partial charge in [-0.05, 0) is 27.0 Å². The first-order chi connectivity index (χ1) is 6.57. The predicted octanol–water partition coefficient (Wildman–Crippen LogP) is 1.43. The van der Waals surface area contributed by atoms with E-state index in [4.69, 9.17) is 0 Å². The van der Waals surface area contributed by atoms with Crippen LogP contribution in [0.5, 0.6) is 0 Å². The molecule has 0 aliphatic heterocycles. The van der Waals surface area contributed by atoms with Crippen molar-refractivity contribution in [1.29, 1.82) is 0 Å². The first-order valence-corrected chi connectivity index (χ1v) is 4.88. The number of ketones is 1. The van der Waals surface area contributed by atoms with Crippen LogP contribution in [-0.4, -0.2) is 23.9 Å². The zero-order valence-corrected chi connectivity index (χ0v) is 9.35. The fraction of sp³-hybridized carbons (Fsp3) is 0.545. The molecule has 0 unspecified atom stereocenters. The van der Waals surface area contributed by atoms with Crippen LogP contribution in [0.1, 0.15) is 28.2 Å². The van der Waals surface area contributed by atoms with E-state index < -0.39 is 0 Å². The maximum Gasteiger partial charge on any atom is 0.165 e. The van der Waals surface area contributed by atoms with Crippen molar-refractivity contribution in [2.24, 2.45) is 7.05 Å². The van der Waals surface area contributed by atoms with Gasteiger partial charge in [0, 0.05) is 37.0 Å². The van der Waals surface area contributed by atoms with E-state index in [2.05, 4.69) is 5.32 Å². The van der Waals surface area contributed by atoms with Crippen molar-refractivity contribution in [2.75, 3.05) is 13.6 Å². The van der Waals surface area contributed by atoms with Gasteiger partial charge >= 0.3 is 0 Å². The number of hydrogen-bond acceptors (Lipinski definition) is 2. The van der Waals surface area contributed by atoms with E-state index in [0.29, 0.717) is 6.42 Å². The summed E-state index contributed by atoms with van der Waals surface area (Å²) >= 11 is 0. The van der Waals surface area contributed by atoms with Gasteiger partial charge in [-0.1, -0.05) is 0 Å². The van der Waals surface area contributed by atoms with E-state index in [1.807, 2.05) is 38.6 Å². The molecule has 1 heterocycles. The van der Waals surface area contributed by atoms with Crippen molar-refractivity contribution in [3.05, 3.63) is 23.0 Å². The van der Waals surface area contributed by atoms with Crippen molar-refractivity contribution in [1.82, 2.24) is 9.88 Å². The Balaban J connectivity index is 2.85. The lowest BCUT2D eigenvalue weighted by molar-refractivity contribution is 0.0982. The van der Waals surface area contributed by atoms with Crippen LogP contribution in [0, 0.1) is 13.8 Å². The lowest BCUT2D eigenvalue weighted by Gasteiger charge is -2.01. The van der Waals surface area contributed by atoms with Gasteiger partial charge in [0.2, 0.25) is 0 Å². The Morgan fingerprint density at radius 1 is 1.50 bits per heavy atom. The van der Waals surface area contributed by atoms with E-state index in [-0.39, 0.29) is 5.78 Å². The summed E-state index contributed by atoms with van der Waals surface area (Å²) in [5.74, 6) is 0.223. The summed E-state index contributed by atoms with van der Waals surface area (Å²) in [5.41, 5.74) is 3.05. The lowest BCUT2D eigenvalue weighted by Crippen LogP contribution is -2.13. The summed E-state index contributed by atoms with van der Waals surface area (Å²) < 4.78 is 2.05. The minimum atomic E-state index is 0.223. The molecule has 3 nitrogen and oxygen atoms in total. The fourth-order valence-corrected chi connectivity index (χ4v) is 1.51. The Morgan fingerprint density at radius 2 is 2.14 bits per heavy atom. The van der Waals surface area contributed by atoms with Gasteiger partial charge in [0.05, 0.1) is 0 Å². The number of rotatable bonds is 4. The Kier molecular flexibility index (Phi) is 3.47. The Bertz CT molecular complexity index is 339. The van der Waals surface area contributed by atoms with Crippen molar-refractivity contribution < 1.29 is 4.79 Å². The van der Waals surface area contributed by atoms with E-state index in [1.165, 1.54) is 0 Å². The number of aryl methyl sites for hydroxylation is 1. The summed E-state index contributed by atoms with van der Waals surface area (Å²) in [5, 5.41) is 2.98. The molecule has 0 spiro atoms. The zero-order chi connectivity index (χ0) is 10.7. The maximum atomic E-state index is 11.7. The minimum absolute atomic E-state index is 0.223. The molecule has 0 fully saturated rings. The van der Waals surface area contributed by atoms with E-state index >= 15 is 0 Å². The molecule has 1 aromatic rings. The number of carbonyl (C=O) groups excluding carboxylic acids is 1. The monoisotopic (exact) mass is 194 g/mol. The van der Waals surface area contributed by atoms with Crippen molar-refractivity contribution in [3.8, 4) is 0 Å². The molecule has 0 bridgehead atoms. The highest BCUT2D eigenvalue weighted by Crippen LogP contribution is 2.14.